The summed E-state index contributed by atoms with van der Waals surface area (Å²) in [6.45, 7) is 0.774. The minimum Gasteiger partial charge on any atom is -0.370 e. The van der Waals surface area contributed by atoms with E-state index in [0.29, 0.717) is 0 Å². The summed E-state index contributed by atoms with van der Waals surface area (Å²) in [7, 11) is 0. The van der Waals surface area contributed by atoms with Crippen molar-refractivity contribution in [1.82, 2.24) is 15.0 Å². The second-order valence-corrected chi connectivity index (χ2v) is 6.18. The molecule has 0 saturated carbocycles. The van der Waals surface area contributed by atoms with E-state index >= 15 is 0 Å². The Hall–Kier alpha value is -2.85. The average Bonchev–Trinajstić information content (AvgIpc) is 3.12. The molecule has 0 atom stereocenters. The van der Waals surface area contributed by atoms with E-state index < -0.39 is 0 Å². The molecule has 1 aromatic carbocycles. The third-order valence-corrected chi connectivity index (χ3v) is 4.51. The number of nitrogens with zero attached hydrogens (tertiary/aromatic N) is 2. The van der Waals surface area contributed by atoms with Gasteiger partial charge in [0.05, 0.1) is 5.69 Å². The van der Waals surface area contributed by atoms with E-state index in [1.807, 2.05) is 60.8 Å². The molecular weight excluding hydrogens is 332 g/mol. The molecule has 25 heavy (non-hydrogen) atoms. The van der Waals surface area contributed by atoms with Gasteiger partial charge < -0.3 is 10.3 Å². The van der Waals surface area contributed by atoms with Crippen molar-refractivity contribution < 1.29 is 1.43 Å². The van der Waals surface area contributed by atoms with Gasteiger partial charge in [0.2, 0.25) is 0 Å². The number of hydrogen-bond donors (Lipinski definition) is 2. The molecule has 0 amide bonds. The lowest BCUT2D eigenvalue weighted by atomic mass is 10.1. The number of aromatic nitrogens is 3. The van der Waals surface area contributed by atoms with Crippen molar-refractivity contribution in [2.45, 2.75) is 6.42 Å². The number of hydrogen-bond acceptors (Lipinski definition) is 3. The number of pyridine rings is 2. The zero-order chi connectivity index (χ0) is 17.1. The molecule has 4 nitrogen and oxygen atoms in total. The number of aromatic amines is 1. The van der Waals surface area contributed by atoms with Crippen LogP contribution in [-0.2, 0) is 6.42 Å². The van der Waals surface area contributed by atoms with Gasteiger partial charge in [-0.3, -0.25) is 0 Å². The number of H-pyrrole nitrogens is 1. The summed E-state index contributed by atoms with van der Waals surface area (Å²) in [5.74, 6) is 0.852. The van der Waals surface area contributed by atoms with Gasteiger partial charge in [-0.05, 0) is 42.3 Å². The molecule has 3 heterocycles. The molecule has 0 aliphatic rings. The summed E-state index contributed by atoms with van der Waals surface area (Å²) in [5, 5.41) is 5.26. The Morgan fingerprint density at radius 1 is 1.04 bits per heavy atom. The van der Waals surface area contributed by atoms with E-state index in [1.54, 1.807) is 6.20 Å². The van der Waals surface area contributed by atoms with Gasteiger partial charge in [0.25, 0.3) is 0 Å². The standard InChI is InChI=1S/C20H17ClN4.H2/c21-17-5-2-1-4-14(17)8-11-22-19-7-3-6-18(25-19)15-9-12-23-20-16(15)10-13-24-20;/h1-7,9-10,12-13H,8,11H2,(H,22,25)(H,23,24);1H. The molecule has 0 fully saturated rings. The van der Waals surface area contributed by atoms with E-state index in [4.69, 9.17) is 16.6 Å². The summed E-state index contributed by atoms with van der Waals surface area (Å²) in [4.78, 5) is 12.2. The first-order chi connectivity index (χ1) is 12.3. The van der Waals surface area contributed by atoms with Crippen molar-refractivity contribution in [2.75, 3.05) is 11.9 Å². The van der Waals surface area contributed by atoms with Gasteiger partial charge in [0, 0.05) is 36.3 Å². The second-order valence-electron chi connectivity index (χ2n) is 5.77. The van der Waals surface area contributed by atoms with Crippen LogP contribution in [-0.4, -0.2) is 21.5 Å². The second kappa shape index (κ2) is 6.95. The van der Waals surface area contributed by atoms with Crippen LogP contribution in [0.3, 0.4) is 0 Å². The maximum Gasteiger partial charge on any atom is 0.137 e. The molecule has 4 rings (SSSR count). The fraction of sp³-hybridized carbons (Fsp3) is 0.100. The van der Waals surface area contributed by atoms with Gasteiger partial charge in [-0.2, -0.15) is 0 Å². The summed E-state index contributed by atoms with van der Waals surface area (Å²) in [5.41, 5.74) is 4.00. The lowest BCUT2D eigenvalue weighted by Crippen LogP contribution is -2.06. The molecule has 0 unspecified atom stereocenters. The molecule has 0 radical (unpaired) electrons. The fourth-order valence-electron chi connectivity index (χ4n) is 2.89. The predicted octanol–water partition coefficient (Wildman–Crippen LogP) is 5.18. The van der Waals surface area contributed by atoms with Crippen molar-refractivity contribution >= 4 is 28.5 Å². The molecule has 0 aliphatic carbocycles. The Bertz CT molecular complexity index is 1020. The summed E-state index contributed by atoms with van der Waals surface area (Å²) in [6, 6.07) is 17.9. The third-order valence-electron chi connectivity index (χ3n) is 4.14. The lowest BCUT2D eigenvalue weighted by molar-refractivity contribution is 1.01. The van der Waals surface area contributed by atoms with Crippen LogP contribution < -0.4 is 5.32 Å². The number of benzene rings is 1. The zero-order valence-corrected chi connectivity index (χ0v) is 14.3. The summed E-state index contributed by atoms with van der Waals surface area (Å²) < 4.78 is 0. The number of anilines is 1. The van der Waals surface area contributed by atoms with Crippen LogP contribution in [0, 0.1) is 0 Å². The Labute approximate surface area is 152 Å². The van der Waals surface area contributed by atoms with Gasteiger partial charge in [-0.25, -0.2) is 9.97 Å². The lowest BCUT2D eigenvalue weighted by Gasteiger charge is -2.09. The van der Waals surface area contributed by atoms with Crippen molar-refractivity contribution in [3.05, 3.63) is 77.6 Å². The van der Waals surface area contributed by atoms with Crippen molar-refractivity contribution in [3.63, 3.8) is 0 Å². The van der Waals surface area contributed by atoms with E-state index in [2.05, 4.69) is 15.3 Å². The molecule has 126 valence electrons. The Kier molecular flexibility index (Phi) is 4.36. The van der Waals surface area contributed by atoms with Gasteiger partial charge >= 0.3 is 0 Å². The molecule has 5 heteroatoms. The van der Waals surface area contributed by atoms with Crippen molar-refractivity contribution in [2.24, 2.45) is 0 Å². The van der Waals surface area contributed by atoms with Gasteiger partial charge in [-0.1, -0.05) is 35.9 Å². The zero-order valence-electron chi connectivity index (χ0n) is 13.5. The third kappa shape index (κ3) is 3.35. The van der Waals surface area contributed by atoms with E-state index in [-0.39, 0.29) is 1.43 Å². The topological polar surface area (TPSA) is 53.6 Å². The highest BCUT2D eigenvalue weighted by Gasteiger charge is 2.07. The van der Waals surface area contributed by atoms with Crippen LogP contribution in [0.25, 0.3) is 22.3 Å². The predicted molar refractivity (Wildman–Crippen MR) is 105 cm³/mol. The van der Waals surface area contributed by atoms with Crippen LogP contribution in [0.2, 0.25) is 5.02 Å². The molecule has 2 N–H and O–H groups in total. The van der Waals surface area contributed by atoms with E-state index in [1.165, 1.54) is 0 Å². The van der Waals surface area contributed by atoms with Crippen LogP contribution in [0.5, 0.6) is 0 Å². The smallest absolute Gasteiger partial charge is 0.137 e. The highest BCUT2D eigenvalue weighted by atomic mass is 35.5. The normalized spacial score (nSPS) is 10.9. The van der Waals surface area contributed by atoms with Crippen molar-refractivity contribution in [1.29, 1.82) is 0 Å². The largest absolute Gasteiger partial charge is 0.370 e. The van der Waals surface area contributed by atoms with Crippen LogP contribution in [0.15, 0.2) is 67.0 Å². The summed E-state index contributed by atoms with van der Waals surface area (Å²) in [6.07, 6.45) is 4.54. The fourth-order valence-corrected chi connectivity index (χ4v) is 3.12. The molecule has 0 bridgehead atoms. The van der Waals surface area contributed by atoms with Crippen LogP contribution in [0.4, 0.5) is 5.82 Å². The maximum absolute atomic E-state index is 6.20. The molecule has 3 aromatic heterocycles. The first-order valence-electron chi connectivity index (χ1n) is 8.18. The van der Waals surface area contributed by atoms with E-state index in [9.17, 15) is 0 Å². The average molecular weight is 351 g/mol. The van der Waals surface area contributed by atoms with Crippen LogP contribution >= 0.6 is 11.6 Å². The number of rotatable bonds is 5. The first kappa shape index (κ1) is 15.7. The minimum absolute atomic E-state index is 0. The van der Waals surface area contributed by atoms with Gasteiger partial charge in [0.1, 0.15) is 11.5 Å². The Morgan fingerprint density at radius 3 is 2.88 bits per heavy atom. The molecule has 0 saturated heterocycles. The van der Waals surface area contributed by atoms with E-state index in [0.717, 1.165) is 51.7 Å². The Morgan fingerprint density at radius 2 is 1.96 bits per heavy atom. The maximum atomic E-state index is 6.20. The monoisotopic (exact) mass is 350 g/mol. The number of halogens is 1. The molecule has 0 aliphatic heterocycles. The molecule has 0 spiro atoms. The Balaban J connectivity index is 0.00000196. The number of fused-ring (bicyclic) bond motifs is 1. The van der Waals surface area contributed by atoms with Gasteiger partial charge in [0.15, 0.2) is 0 Å². The van der Waals surface area contributed by atoms with Gasteiger partial charge in [-0.15, -0.1) is 0 Å². The highest BCUT2D eigenvalue weighted by molar-refractivity contribution is 6.31. The van der Waals surface area contributed by atoms with Crippen molar-refractivity contribution in [3.8, 4) is 11.3 Å². The highest BCUT2D eigenvalue weighted by Crippen LogP contribution is 2.26. The quantitative estimate of drug-likeness (QED) is 0.521. The SMILES string of the molecule is Clc1ccccc1CCNc1cccc(-c2ccnc3[nH]ccc23)n1.[HH]. The first-order valence-corrected chi connectivity index (χ1v) is 8.56. The molecular formula is C20H19ClN4. The number of nitrogens with one attached hydrogen (secondary N) is 2. The summed E-state index contributed by atoms with van der Waals surface area (Å²) >= 11 is 6.20. The molecule has 4 aromatic rings. The minimum atomic E-state index is 0. The van der Waals surface area contributed by atoms with Crippen LogP contribution in [0.1, 0.15) is 6.99 Å².